The Labute approximate surface area is 82.2 Å². The van der Waals surface area contributed by atoms with Crippen LogP contribution in [0.4, 0.5) is 0 Å². The second-order valence-corrected chi connectivity index (χ2v) is 3.21. The number of rotatable bonds is 2. The fraction of sp³-hybridized carbons (Fsp3) is 0.333. The molecule has 1 nitrogen and oxygen atoms in total. The molecule has 1 aromatic rings. The van der Waals surface area contributed by atoms with E-state index >= 15 is 0 Å². The van der Waals surface area contributed by atoms with E-state index in [0.29, 0.717) is 16.7 Å². The van der Waals surface area contributed by atoms with Crippen molar-refractivity contribution in [3.8, 4) is 5.75 Å². The number of alkyl halides is 1. The molecule has 0 saturated carbocycles. The minimum absolute atomic E-state index is 0.481. The third-order valence-electron chi connectivity index (χ3n) is 1.66. The van der Waals surface area contributed by atoms with Gasteiger partial charge in [-0.2, -0.15) is 0 Å². The molecule has 0 aliphatic rings. The summed E-state index contributed by atoms with van der Waals surface area (Å²) in [5, 5.41) is 0.659. The highest BCUT2D eigenvalue weighted by atomic mass is 35.5. The number of ether oxygens (including phenoxy) is 1. The van der Waals surface area contributed by atoms with E-state index in [9.17, 15) is 0 Å². The van der Waals surface area contributed by atoms with Crippen molar-refractivity contribution >= 4 is 23.2 Å². The van der Waals surface area contributed by atoms with Crippen LogP contribution in [0.3, 0.4) is 0 Å². The molecule has 0 aliphatic heterocycles. The molecule has 0 fully saturated rings. The second-order valence-electron chi connectivity index (χ2n) is 2.56. The van der Waals surface area contributed by atoms with Crippen molar-refractivity contribution in [1.29, 1.82) is 0 Å². The molecule has 0 bridgehead atoms. The Morgan fingerprint density at radius 1 is 1.42 bits per heavy atom. The van der Waals surface area contributed by atoms with Crippen LogP contribution in [0.2, 0.25) is 5.02 Å². The molecule has 1 rings (SSSR count). The summed E-state index contributed by atoms with van der Waals surface area (Å²) < 4.78 is 5.08. The SMILES string of the molecule is COc1cc(CCl)cc(C)c1Cl. The molecule has 0 atom stereocenters. The van der Waals surface area contributed by atoms with E-state index < -0.39 is 0 Å². The van der Waals surface area contributed by atoms with Gasteiger partial charge in [-0.1, -0.05) is 17.7 Å². The monoisotopic (exact) mass is 204 g/mol. The molecular formula is C9H10Cl2O. The Morgan fingerprint density at radius 3 is 2.58 bits per heavy atom. The van der Waals surface area contributed by atoms with Gasteiger partial charge in [0.15, 0.2) is 0 Å². The summed E-state index contributed by atoms with van der Waals surface area (Å²) in [5.74, 6) is 1.17. The van der Waals surface area contributed by atoms with E-state index in [2.05, 4.69) is 0 Å². The second kappa shape index (κ2) is 4.01. The van der Waals surface area contributed by atoms with Gasteiger partial charge in [0.25, 0.3) is 0 Å². The smallest absolute Gasteiger partial charge is 0.138 e. The van der Waals surface area contributed by atoms with Gasteiger partial charge in [0.1, 0.15) is 5.75 Å². The average Bonchev–Trinajstić information content (AvgIpc) is 2.09. The van der Waals surface area contributed by atoms with Crippen LogP contribution in [0.1, 0.15) is 11.1 Å². The molecule has 0 N–H and O–H groups in total. The van der Waals surface area contributed by atoms with Crippen LogP contribution in [0, 0.1) is 6.92 Å². The predicted molar refractivity (Wildman–Crippen MR) is 52.3 cm³/mol. The Balaban J connectivity index is 3.19. The largest absolute Gasteiger partial charge is 0.495 e. The zero-order valence-electron chi connectivity index (χ0n) is 7.03. The lowest BCUT2D eigenvalue weighted by Crippen LogP contribution is -1.89. The topological polar surface area (TPSA) is 9.23 Å². The number of halogens is 2. The van der Waals surface area contributed by atoms with Crippen molar-refractivity contribution in [3.05, 3.63) is 28.3 Å². The van der Waals surface area contributed by atoms with Gasteiger partial charge in [0.05, 0.1) is 12.1 Å². The van der Waals surface area contributed by atoms with Crippen molar-refractivity contribution < 1.29 is 4.74 Å². The quantitative estimate of drug-likeness (QED) is 0.672. The summed E-state index contributed by atoms with van der Waals surface area (Å²) in [5.41, 5.74) is 2.02. The highest BCUT2D eigenvalue weighted by Gasteiger charge is 2.05. The van der Waals surface area contributed by atoms with Crippen LogP contribution in [-0.2, 0) is 5.88 Å². The Hall–Kier alpha value is -0.400. The standard InChI is InChI=1S/C9H10Cl2O/c1-6-3-7(5-10)4-8(12-2)9(6)11/h3-4H,5H2,1-2H3. The molecule has 0 heterocycles. The number of methoxy groups -OCH3 is 1. The number of benzene rings is 1. The third-order valence-corrected chi connectivity index (χ3v) is 2.45. The first-order valence-electron chi connectivity index (χ1n) is 3.58. The predicted octanol–water partition coefficient (Wildman–Crippen LogP) is 3.40. The summed E-state index contributed by atoms with van der Waals surface area (Å²) in [6.07, 6.45) is 0. The highest BCUT2D eigenvalue weighted by Crippen LogP contribution is 2.29. The van der Waals surface area contributed by atoms with Crippen molar-refractivity contribution in [2.45, 2.75) is 12.8 Å². The summed E-state index contributed by atoms with van der Waals surface area (Å²) in [7, 11) is 1.60. The normalized spacial score (nSPS) is 10.0. The lowest BCUT2D eigenvalue weighted by Gasteiger charge is -2.07. The molecule has 0 aliphatic carbocycles. The zero-order valence-corrected chi connectivity index (χ0v) is 8.54. The van der Waals surface area contributed by atoms with E-state index in [0.717, 1.165) is 11.1 Å². The van der Waals surface area contributed by atoms with Crippen molar-refractivity contribution in [3.63, 3.8) is 0 Å². The van der Waals surface area contributed by atoms with Crippen LogP contribution in [-0.4, -0.2) is 7.11 Å². The van der Waals surface area contributed by atoms with Crippen molar-refractivity contribution in [2.75, 3.05) is 7.11 Å². The minimum atomic E-state index is 0.481. The summed E-state index contributed by atoms with van der Waals surface area (Å²) >= 11 is 11.6. The molecule has 0 amide bonds. The molecule has 0 unspecified atom stereocenters. The molecular weight excluding hydrogens is 195 g/mol. The zero-order chi connectivity index (χ0) is 9.14. The molecule has 3 heteroatoms. The maximum absolute atomic E-state index is 5.95. The van der Waals surface area contributed by atoms with Gasteiger partial charge in [0, 0.05) is 5.88 Å². The summed E-state index contributed by atoms with van der Waals surface area (Å²) in [6.45, 7) is 1.93. The fourth-order valence-corrected chi connectivity index (χ4v) is 1.38. The highest BCUT2D eigenvalue weighted by molar-refractivity contribution is 6.32. The van der Waals surface area contributed by atoms with Crippen LogP contribution in [0.25, 0.3) is 0 Å². The molecule has 66 valence electrons. The molecule has 0 aromatic heterocycles. The molecule has 1 aromatic carbocycles. The van der Waals surface area contributed by atoms with E-state index in [1.54, 1.807) is 7.11 Å². The number of aryl methyl sites for hydroxylation is 1. The lowest BCUT2D eigenvalue weighted by molar-refractivity contribution is 0.414. The number of hydrogen-bond donors (Lipinski definition) is 0. The first kappa shape index (κ1) is 9.69. The fourth-order valence-electron chi connectivity index (χ4n) is 1.03. The molecule has 12 heavy (non-hydrogen) atoms. The van der Waals surface area contributed by atoms with Gasteiger partial charge in [-0.05, 0) is 24.1 Å². The van der Waals surface area contributed by atoms with E-state index in [1.165, 1.54) is 0 Å². The van der Waals surface area contributed by atoms with E-state index in [-0.39, 0.29) is 0 Å². The third kappa shape index (κ3) is 1.85. The van der Waals surface area contributed by atoms with Crippen molar-refractivity contribution in [2.24, 2.45) is 0 Å². The average molecular weight is 205 g/mol. The van der Waals surface area contributed by atoms with Gasteiger partial charge < -0.3 is 4.74 Å². The van der Waals surface area contributed by atoms with Gasteiger partial charge in [0.2, 0.25) is 0 Å². The Morgan fingerprint density at radius 2 is 2.08 bits per heavy atom. The van der Waals surface area contributed by atoms with E-state index in [4.69, 9.17) is 27.9 Å². The first-order chi connectivity index (χ1) is 5.69. The van der Waals surface area contributed by atoms with Crippen LogP contribution >= 0.6 is 23.2 Å². The van der Waals surface area contributed by atoms with Gasteiger partial charge in [-0.25, -0.2) is 0 Å². The summed E-state index contributed by atoms with van der Waals surface area (Å²) in [6, 6.07) is 3.81. The van der Waals surface area contributed by atoms with Crippen LogP contribution in [0.15, 0.2) is 12.1 Å². The maximum Gasteiger partial charge on any atom is 0.138 e. The van der Waals surface area contributed by atoms with Crippen molar-refractivity contribution in [1.82, 2.24) is 0 Å². The summed E-state index contributed by atoms with van der Waals surface area (Å²) in [4.78, 5) is 0. The molecule has 0 spiro atoms. The van der Waals surface area contributed by atoms with E-state index in [1.807, 2.05) is 19.1 Å². The van der Waals surface area contributed by atoms with Crippen LogP contribution in [0.5, 0.6) is 5.75 Å². The lowest BCUT2D eigenvalue weighted by atomic mass is 10.1. The van der Waals surface area contributed by atoms with Gasteiger partial charge >= 0.3 is 0 Å². The number of hydrogen-bond acceptors (Lipinski definition) is 1. The van der Waals surface area contributed by atoms with Gasteiger partial charge in [-0.15, -0.1) is 11.6 Å². The van der Waals surface area contributed by atoms with Gasteiger partial charge in [-0.3, -0.25) is 0 Å². The molecule has 0 saturated heterocycles. The van der Waals surface area contributed by atoms with Crippen LogP contribution < -0.4 is 4.74 Å². The Bertz CT molecular complexity index is 284. The maximum atomic E-state index is 5.95. The minimum Gasteiger partial charge on any atom is -0.495 e. The Kier molecular flexibility index (Phi) is 3.24. The molecule has 0 radical (unpaired) electrons. The first-order valence-corrected chi connectivity index (χ1v) is 4.49.